The third-order valence-electron chi connectivity index (χ3n) is 2.17. The lowest BCUT2D eigenvalue weighted by atomic mass is 10.2. The topological polar surface area (TPSA) is 25.6 Å². The highest BCUT2D eigenvalue weighted by molar-refractivity contribution is 5.78. The van der Waals surface area contributed by atoms with Crippen LogP contribution in [0.4, 0.5) is 0 Å². The van der Waals surface area contributed by atoms with Gasteiger partial charge in [-0.1, -0.05) is 0 Å². The van der Waals surface area contributed by atoms with Gasteiger partial charge in [0.25, 0.3) is 0 Å². The fourth-order valence-corrected chi connectivity index (χ4v) is 1.32. The number of ether oxygens (including phenoxy) is 1. The fraction of sp³-hybridized carbons (Fsp3) is 0.333. The van der Waals surface area contributed by atoms with Gasteiger partial charge in [-0.2, -0.15) is 0 Å². The number of hydrogen-bond donors (Lipinski definition) is 0. The number of benzene rings is 1. The lowest BCUT2D eigenvalue weighted by Crippen LogP contribution is -2.19. The van der Waals surface area contributed by atoms with Gasteiger partial charge < -0.3 is 14.1 Å². The van der Waals surface area contributed by atoms with Crippen molar-refractivity contribution in [3.8, 4) is 5.75 Å². The van der Waals surface area contributed by atoms with Crippen molar-refractivity contribution in [3.05, 3.63) is 30.5 Å². The van der Waals surface area contributed by atoms with E-state index in [0.29, 0.717) is 6.61 Å². The molecule has 3 heteroatoms. The Hall–Kier alpha value is -1.48. The molecule has 0 atom stereocenters. The predicted octanol–water partition coefficient (Wildman–Crippen LogP) is 2.17. The molecule has 1 aromatic carbocycles. The molecular formula is C12H14NO2. The maximum Gasteiger partial charge on any atom is 0.170 e. The zero-order valence-electron chi connectivity index (χ0n) is 8.99. The number of fused-ring (bicyclic) bond motifs is 1. The van der Waals surface area contributed by atoms with Gasteiger partial charge in [0.05, 0.1) is 0 Å². The van der Waals surface area contributed by atoms with Crippen LogP contribution in [0.1, 0.15) is 0 Å². The van der Waals surface area contributed by atoms with Crippen molar-refractivity contribution in [2.75, 3.05) is 27.2 Å². The third-order valence-corrected chi connectivity index (χ3v) is 2.17. The molecular weight excluding hydrogens is 190 g/mol. The first-order valence-electron chi connectivity index (χ1n) is 4.93. The van der Waals surface area contributed by atoms with E-state index in [1.807, 2.05) is 38.4 Å². The van der Waals surface area contributed by atoms with E-state index in [1.165, 1.54) is 0 Å². The molecule has 1 heterocycles. The molecule has 0 fully saturated rings. The van der Waals surface area contributed by atoms with Crippen molar-refractivity contribution in [2.45, 2.75) is 0 Å². The van der Waals surface area contributed by atoms with Gasteiger partial charge in [-0.15, -0.1) is 0 Å². The van der Waals surface area contributed by atoms with Crippen LogP contribution in [0.25, 0.3) is 11.0 Å². The van der Waals surface area contributed by atoms with E-state index in [0.717, 1.165) is 23.3 Å². The summed E-state index contributed by atoms with van der Waals surface area (Å²) < 4.78 is 10.7. The highest BCUT2D eigenvalue weighted by Crippen LogP contribution is 2.21. The predicted molar refractivity (Wildman–Crippen MR) is 59.1 cm³/mol. The molecule has 2 rings (SSSR count). The molecule has 3 nitrogen and oxygen atoms in total. The first kappa shape index (κ1) is 10.1. The molecule has 15 heavy (non-hydrogen) atoms. The standard InChI is InChI=1S/C12H14NO2/c1-13(2)6-8-14-11-3-4-12-10(9-11)5-7-15-12/h3-5,9H,6,8H2,1-2H3. The van der Waals surface area contributed by atoms with Gasteiger partial charge in [0, 0.05) is 11.9 Å². The first-order valence-corrected chi connectivity index (χ1v) is 4.93. The van der Waals surface area contributed by atoms with Gasteiger partial charge in [0.2, 0.25) is 0 Å². The van der Waals surface area contributed by atoms with Gasteiger partial charge in [-0.25, -0.2) is 0 Å². The third kappa shape index (κ3) is 2.50. The summed E-state index contributed by atoms with van der Waals surface area (Å²) in [6.45, 7) is 1.61. The van der Waals surface area contributed by atoms with Gasteiger partial charge in [0.15, 0.2) is 6.26 Å². The molecule has 0 bridgehead atoms. The Labute approximate surface area is 89.2 Å². The lowest BCUT2D eigenvalue weighted by Gasteiger charge is -2.10. The fourth-order valence-electron chi connectivity index (χ4n) is 1.32. The second-order valence-electron chi connectivity index (χ2n) is 3.72. The molecule has 0 aliphatic rings. The van der Waals surface area contributed by atoms with Crippen molar-refractivity contribution in [1.82, 2.24) is 4.90 Å². The van der Waals surface area contributed by atoms with E-state index >= 15 is 0 Å². The van der Waals surface area contributed by atoms with Crippen LogP contribution in [-0.2, 0) is 0 Å². The van der Waals surface area contributed by atoms with Gasteiger partial charge in [0.1, 0.15) is 17.9 Å². The summed E-state index contributed by atoms with van der Waals surface area (Å²) in [7, 11) is 4.05. The lowest BCUT2D eigenvalue weighted by molar-refractivity contribution is 0.261. The summed E-state index contributed by atoms with van der Waals surface area (Å²) in [6.07, 6.45) is 2.70. The molecule has 1 radical (unpaired) electrons. The Bertz CT molecular complexity index is 434. The molecule has 0 amide bonds. The van der Waals surface area contributed by atoms with E-state index < -0.39 is 0 Å². The normalized spacial score (nSPS) is 11.1. The largest absolute Gasteiger partial charge is 0.492 e. The first-order chi connectivity index (χ1) is 7.25. The summed E-state index contributed by atoms with van der Waals surface area (Å²) in [4.78, 5) is 2.09. The number of furan rings is 1. The zero-order valence-corrected chi connectivity index (χ0v) is 8.99. The highest BCUT2D eigenvalue weighted by atomic mass is 16.5. The van der Waals surface area contributed by atoms with Crippen LogP contribution in [0.5, 0.6) is 5.75 Å². The second-order valence-corrected chi connectivity index (χ2v) is 3.72. The molecule has 2 aromatic rings. The molecule has 0 N–H and O–H groups in total. The molecule has 1 aromatic heterocycles. The van der Waals surface area contributed by atoms with Crippen LogP contribution in [0.3, 0.4) is 0 Å². The van der Waals surface area contributed by atoms with E-state index in [2.05, 4.69) is 11.2 Å². The van der Waals surface area contributed by atoms with Crippen LogP contribution in [0.2, 0.25) is 0 Å². The molecule has 0 saturated heterocycles. The van der Waals surface area contributed by atoms with Crippen molar-refractivity contribution in [2.24, 2.45) is 0 Å². The minimum atomic E-state index is 0.695. The zero-order chi connectivity index (χ0) is 10.7. The summed E-state index contributed by atoms with van der Waals surface area (Å²) in [6, 6.07) is 7.59. The number of likely N-dealkylation sites (N-methyl/N-ethyl adjacent to an activating group) is 1. The van der Waals surface area contributed by atoms with Crippen LogP contribution in [0, 0.1) is 6.26 Å². The van der Waals surface area contributed by atoms with E-state index in [-0.39, 0.29) is 0 Å². The van der Waals surface area contributed by atoms with Crippen molar-refractivity contribution >= 4 is 11.0 Å². The maximum atomic E-state index is 5.60. The number of rotatable bonds is 4. The Morgan fingerprint density at radius 3 is 3.07 bits per heavy atom. The summed E-state index contributed by atoms with van der Waals surface area (Å²) in [5.41, 5.74) is 0.843. The van der Waals surface area contributed by atoms with E-state index in [9.17, 15) is 0 Å². The Kier molecular flexibility index (Phi) is 2.92. The van der Waals surface area contributed by atoms with Crippen LogP contribution < -0.4 is 4.74 Å². The monoisotopic (exact) mass is 204 g/mol. The van der Waals surface area contributed by atoms with Crippen LogP contribution in [0.15, 0.2) is 28.7 Å². The summed E-state index contributed by atoms with van der Waals surface area (Å²) >= 11 is 0. The Morgan fingerprint density at radius 1 is 1.40 bits per heavy atom. The number of hydrogen-bond acceptors (Lipinski definition) is 3. The molecule has 79 valence electrons. The average Bonchev–Trinajstić information content (AvgIpc) is 2.64. The van der Waals surface area contributed by atoms with Gasteiger partial charge >= 0.3 is 0 Å². The SMILES string of the molecule is CN(C)CCOc1ccc2o[c]cc2c1. The second kappa shape index (κ2) is 4.36. The van der Waals surface area contributed by atoms with Crippen molar-refractivity contribution in [1.29, 1.82) is 0 Å². The highest BCUT2D eigenvalue weighted by Gasteiger charge is 2.00. The molecule has 0 aliphatic heterocycles. The minimum absolute atomic E-state index is 0.695. The summed E-state index contributed by atoms with van der Waals surface area (Å²) in [5, 5.41) is 1.03. The summed E-state index contributed by atoms with van der Waals surface area (Å²) in [5.74, 6) is 0.874. The Morgan fingerprint density at radius 2 is 2.27 bits per heavy atom. The quantitative estimate of drug-likeness (QED) is 0.763. The van der Waals surface area contributed by atoms with Crippen molar-refractivity contribution < 1.29 is 9.15 Å². The minimum Gasteiger partial charge on any atom is -0.492 e. The average molecular weight is 204 g/mol. The van der Waals surface area contributed by atoms with Crippen molar-refractivity contribution in [3.63, 3.8) is 0 Å². The van der Waals surface area contributed by atoms with E-state index in [1.54, 1.807) is 0 Å². The van der Waals surface area contributed by atoms with Gasteiger partial charge in [-0.05, 0) is 38.4 Å². The molecule has 0 aliphatic carbocycles. The molecule has 0 saturated carbocycles. The number of nitrogens with zero attached hydrogens (tertiary/aromatic N) is 1. The molecule has 0 unspecified atom stereocenters. The Balaban J connectivity index is 2.02. The van der Waals surface area contributed by atoms with Crippen LogP contribution >= 0.6 is 0 Å². The smallest absolute Gasteiger partial charge is 0.170 e. The van der Waals surface area contributed by atoms with Crippen LogP contribution in [-0.4, -0.2) is 32.1 Å². The van der Waals surface area contributed by atoms with Gasteiger partial charge in [-0.3, -0.25) is 0 Å². The maximum absolute atomic E-state index is 5.60. The molecule has 0 spiro atoms. The van der Waals surface area contributed by atoms with E-state index in [4.69, 9.17) is 9.15 Å².